The van der Waals surface area contributed by atoms with Crippen LogP contribution in [-0.4, -0.2) is 38.8 Å². The van der Waals surface area contributed by atoms with Crippen LogP contribution in [-0.2, 0) is 0 Å². The van der Waals surface area contributed by atoms with Gasteiger partial charge in [-0.1, -0.05) is 6.07 Å². The standard InChI is InChI=1S/C23H21F4N3O4/c1-13(22(2,3)33)28-20(31)18-12-19(14-7-9-17(10-8-14)34-23(25,26)27)29-30(21(18)32)16-6-4-5-15(24)11-16/h4-13,33H,1-3H3,(H,28,31). The van der Waals surface area contributed by atoms with Crippen molar-refractivity contribution >= 4 is 5.91 Å². The third-order valence-corrected chi connectivity index (χ3v) is 5.00. The Balaban J connectivity index is 2.11. The van der Waals surface area contributed by atoms with E-state index in [0.717, 1.165) is 28.9 Å². The first kappa shape index (κ1) is 24.9. The molecule has 1 aromatic heterocycles. The number of rotatable bonds is 6. The first-order valence-corrected chi connectivity index (χ1v) is 10.0. The number of alkyl halides is 3. The van der Waals surface area contributed by atoms with Crippen LogP contribution in [0.15, 0.2) is 59.4 Å². The number of hydrogen-bond donors (Lipinski definition) is 2. The maximum absolute atomic E-state index is 13.8. The van der Waals surface area contributed by atoms with Crippen LogP contribution in [0.5, 0.6) is 5.75 Å². The molecule has 2 N–H and O–H groups in total. The number of amides is 1. The molecule has 0 fully saturated rings. The number of nitrogens with zero attached hydrogens (tertiary/aromatic N) is 2. The Morgan fingerprint density at radius 2 is 1.76 bits per heavy atom. The lowest BCUT2D eigenvalue weighted by atomic mass is 10.0. The Bertz CT molecular complexity index is 1250. The van der Waals surface area contributed by atoms with Gasteiger partial charge in [-0.05, 0) is 69.3 Å². The second-order valence-corrected chi connectivity index (χ2v) is 8.06. The van der Waals surface area contributed by atoms with Crippen LogP contribution >= 0.6 is 0 Å². The van der Waals surface area contributed by atoms with Gasteiger partial charge in [0.15, 0.2) is 0 Å². The van der Waals surface area contributed by atoms with Crippen molar-refractivity contribution in [3.05, 3.63) is 76.3 Å². The van der Waals surface area contributed by atoms with Gasteiger partial charge in [0, 0.05) is 5.56 Å². The Morgan fingerprint density at radius 1 is 1.12 bits per heavy atom. The third kappa shape index (κ3) is 5.98. The molecule has 1 unspecified atom stereocenters. The predicted molar refractivity (Wildman–Crippen MR) is 115 cm³/mol. The summed E-state index contributed by atoms with van der Waals surface area (Å²) in [7, 11) is 0. The van der Waals surface area contributed by atoms with Crippen molar-refractivity contribution in [2.75, 3.05) is 0 Å². The van der Waals surface area contributed by atoms with E-state index < -0.39 is 41.0 Å². The molecule has 0 radical (unpaired) electrons. The van der Waals surface area contributed by atoms with E-state index in [2.05, 4.69) is 15.2 Å². The number of carbonyl (C=O) groups excluding carboxylic acids is 1. The summed E-state index contributed by atoms with van der Waals surface area (Å²) in [5.74, 6) is -1.93. The number of nitrogens with one attached hydrogen (secondary N) is 1. The Kier molecular flexibility index (Phi) is 6.78. The van der Waals surface area contributed by atoms with Crippen LogP contribution in [0.25, 0.3) is 16.9 Å². The number of aliphatic hydroxyl groups is 1. The molecule has 0 aliphatic heterocycles. The topological polar surface area (TPSA) is 93.5 Å². The number of hydrogen-bond acceptors (Lipinski definition) is 5. The molecule has 0 saturated heterocycles. The number of benzene rings is 2. The van der Waals surface area contributed by atoms with E-state index in [0.29, 0.717) is 0 Å². The fourth-order valence-corrected chi connectivity index (χ4v) is 2.86. The maximum Gasteiger partial charge on any atom is 0.573 e. The van der Waals surface area contributed by atoms with Gasteiger partial charge < -0.3 is 15.2 Å². The average Bonchev–Trinajstić information content (AvgIpc) is 2.72. The number of ether oxygens (including phenoxy) is 1. The van der Waals surface area contributed by atoms with Crippen molar-refractivity contribution in [1.82, 2.24) is 15.1 Å². The minimum absolute atomic E-state index is 0.0356. The third-order valence-electron chi connectivity index (χ3n) is 5.00. The van der Waals surface area contributed by atoms with Gasteiger partial charge in [-0.2, -0.15) is 9.78 Å². The molecule has 34 heavy (non-hydrogen) atoms. The fourth-order valence-electron chi connectivity index (χ4n) is 2.86. The molecule has 3 rings (SSSR count). The van der Waals surface area contributed by atoms with Gasteiger partial charge in [0.25, 0.3) is 11.5 Å². The molecule has 1 heterocycles. The summed E-state index contributed by atoms with van der Waals surface area (Å²) in [5.41, 5.74) is -2.14. The van der Waals surface area contributed by atoms with Crippen LogP contribution < -0.4 is 15.6 Å². The molecule has 0 bridgehead atoms. The van der Waals surface area contributed by atoms with Gasteiger partial charge in [0.05, 0.1) is 23.0 Å². The van der Waals surface area contributed by atoms with E-state index in [4.69, 9.17) is 0 Å². The highest BCUT2D eigenvalue weighted by Crippen LogP contribution is 2.26. The van der Waals surface area contributed by atoms with Gasteiger partial charge in [-0.3, -0.25) is 9.59 Å². The van der Waals surface area contributed by atoms with E-state index >= 15 is 0 Å². The summed E-state index contributed by atoms with van der Waals surface area (Å²) < 4.78 is 55.8. The van der Waals surface area contributed by atoms with Gasteiger partial charge in [-0.15, -0.1) is 13.2 Å². The lowest BCUT2D eigenvalue weighted by molar-refractivity contribution is -0.274. The number of halogens is 4. The molecule has 7 nitrogen and oxygen atoms in total. The summed E-state index contributed by atoms with van der Waals surface area (Å²) in [6.07, 6.45) is -4.87. The molecule has 1 atom stereocenters. The second-order valence-electron chi connectivity index (χ2n) is 8.06. The van der Waals surface area contributed by atoms with E-state index in [1.54, 1.807) is 6.92 Å². The van der Waals surface area contributed by atoms with E-state index in [1.165, 1.54) is 44.2 Å². The summed E-state index contributed by atoms with van der Waals surface area (Å²) in [4.78, 5) is 25.9. The van der Waals surface area contributed by atoms with Crippen LogP contribution in [0.4, 0.5) is 17.6 Å². The first-order valence-electron chi connectivity index (χ1n) is 10.0. The van der Waals surface area contributed by atoms with Crippen LogP contribution in [0, 0.1) is 5.82 Å². The van der Waals surface area contributed by atoms with Gasteiger partial charge in [0.2, 0.25) is 0 Å². The maximum atomic E-state index is 13.8. The normalized spacial score (nSPS) is 12.8. The molecule has 2 aromatic carbocycles. The summed E-state index contributed by atoms with van der Waals surface area (Å²) in [6.45, 7) is 4.50. The minimum atomic E-state index is -4.87. The summed E-state index contributed by atoms with van der Waals surface area (Å²) >= 11 is 0. The predicted octanol–water partition coefficient (Wildman–Crippen LogP) is 3.83. The molecular weight excluding hydrogens is 458 g/mol. The number of aromatic nitrogens is 2. The lowest BCUT2D eigenvalue weighted by Gasteiger charge is -2.26. The van der Waals surface area contributed by atoms with Crippen molar-refractivity contribution in [2.45, 2.75) is 38.8 Å². The highest BCUT2D eigenvalue weighted by atomic mass is 19.4. The Labute approximate surface area is 191 Å². The molecule has 1 amide bonds. The minimum Gasteiger partial charge on any atom is -0.406 e. The molecule has 0 saturated carbocycles. The van der Waals surface area contributed by atoms with Crippen LogP contribution in [0.1, 0.15) is 31.1 Å². The van der Waals surface area contributed by atoms with Gasteiger partial charge in [-0.25, -0.2) is 4.39 Å². The molecule has 11 heteroatoms. The molecule has 0 aliphatic carbocycles. The van der Waals surface area contributed by atoms with Crippen molar-refractivity contribution in [3.8, 4) is 22.7 Å². The highest BCUT2D eigenvalue weighted by molar-refractivity contribution is 5.95. The second kappa shape index (κ2) is 9.26. The van der Waals surface area contributed by atoms with Gasteiger partial charge >= 0.3 is 6.36 Å². The molecular formula is C23H21F4N3O4. The Hall–Kier alpha value is -3.73. The van der Waals surface area contributed by atoms with Gasteiger partial charge in [0.1, 0.15) is 17.1 Å². The van der Waals surface area contributed by atoms with Crippen molar-refractivity contribution in [1.29, 1.82) is 0 Å². The lowest BCUT2D eigenvalue weighted by Crippen LogP contribution is -2.48. The average molecular weight is 479 g/mol. The van der Waals surface area contributed by atoms with E-state index in [1.807, 2.05) is 0 Å². The van der Waals surface area contributed by atoms with Crippen LogP contribution in [0.2, 0.25) is 0 Å². The van der Waals surface area contributed by atoms with E-state index in [-0.39, 0.29) is 22.5 Å². The largest absolute Gasteiger partial charge is 0.573 e. The zero-order chi connectivity index (χ0) is 25.3. The molecule has 0 spiro atoms. The zero-order valence-electron chi connectivity index (χ0n) is 18.4. The monoisotopic (exact) mass is 479 g/mol. The molecule has 0 aliphatic rings. The number of carbonyl (C=O) groups is 1. The fraction of sp³-hybridized carbons (Fsp3) is 0.261. The highest BCUT2D eigenvalue weighted by Gasteiger charge is 2.31. The first-order chi connectivity index (χ1) is 15.7. The zero-order valence-corrected chi connectivity index (χ0v) is 18.4. The summed E-state index contributed by atoms with van der Waals surface area (Å²) in [5, 5.41) is 16.8. The van der Waals surface area contributed by atoms with Crippen molar-refractivity contribution < 1.29 is 32.2 Å². The molecule has 180 valence electrons. The molecule has 3 aromatic rings. The smallest absolute Gasteiger partial charge is 0.406 e. The Morgan fingerprint density at radius 3 is 2.32 bits per heavy atom. The van der Waals surface area contributed by atoms with Crippen molar-refractivity contribution in [2.24, 2.45) is 0 Å². The quantitative estimate of drug-likeness (QED) is 0.525. The summed E-state index contributed by atoms with van der Waals surface area (Å²) in [6, 6.07) is 10.0. The SMILES string of the molecule is CC(NC(=O)c1cc(-c2ccc(OC(F)(F)F)cc2)nn(-c2cccc(F)c2)c1=O)C(C)(C)O. The van der Waals surface area contributed by atoms with Crippen LogP contribution in [0.3, 0.4) is 0 Å². The van der Waals surface area contributed by atoms with E-state index in [9.17, 15) is 32.3 Å². The van der Waals surface area contributed by atoms with Crippen molar-refractivity contribution in [3.63, 3.8) is 0 Å².